The third kappa shape index (κ3) is 2.34. The van der Waals surface area contributed by atoms with Crippen LogP contribution in [-0.2, 0) is 12.3 Å². The van der Waals surface area contributed by atoms with Crippen LogP contribution in [0.3, 0.4) is 0 Å². The summed E-state index contributed by atoms with van der Waals surface area (Å²) >= 11 is 5.58. The Morgan fingerprint density at radius 1 is 1.53 bits per heavy atom. The summed E-state index contributed by atoms with van der Waals surface area (Å²) in [5.74, 6) is 0.0656. The molecule has 0 aliphatic heterocycles. The number of nitrogens with two attached hydrogens (primary N) is 1. The fraction of sp³-hybridized carbons (Fsp3) is 0.333. The number of rotatable bonds is 3. The van der Waals surface area contributed by atoms with E-state index in [2.05, 4.69) is 4.98 Å². The first-order chi connectivity index (χ1) is 7.11. The largest absolute Gasteiger partial charge is 0.383 e. The quantitative estimate of drug-likeness (QED) is 0.813. The highest BCUT2D eigenvalue weighted by Crippen LogP contribution is 2.28. The molecule has 0 bridgehead atoms. The third-order valence-electron chi connectivity index (χ3n) is 1.99. The van der Waals surface area contributed by atoms with Crippen molar-refractivity contribution in [3.63, 3.8) is 0 Å². The molecular formula is C9H8ClF2N3. The number of halogens is 3. The first-order valence-corrected chi connectivity index (χ1v) is 4.62. The average Bonchev–Trinajstić information content (AvgIpc) is 2.18. The number of alkyl halides is 3. The van der Waals surface area contributed by atoms with Crippen molar-refractivity contribution in [2.24, 2.45) is 0 Å². The number of anilines is 1. The van der Waals surface area contributed by atoms with Crippen LogP contribution in [0.15, 0.2) is 6.20 Å². The Kier molecular flexibility index (Phi) is 3.81. The number of pyridine rings is 1. The van der Waals surface area contributed by atoms with Crippen LogP contribution in [0.4, 0.5) is 14.6 Å². The van der Waals surface area contributed by atoms with E-state index in [4.69, 9.17) is 22.6 Å². The highest BCUT2D eigenvalue weighted by Gasteiger charge is 2.18. The molecule has 0 fully saturated rings. The molecule has 0 amide bonds. The molecule has 0 aliphatic rings. The van der Waals surface area contributed by atoms with Gasteiger partial charge in [0.25, 0.3) is 6.43 Å². The minimum absolute atomic E-state index is 0.0313. The summed E-state index contributed by atoms with van der Waals surface area (Å²) in [6, 6.07) is 1.81. The Balaban J connectivity index is 3.36. The van der Waals surface area contributed by atoms with Crippen LogP contribution in [0.5, 0.6) is 0 Å². The van der Waals surface area contributed by atoms with E-state index in [1.54, 1.807) is 6.07 Å². The van der Waals surface area contributed by atoms with Gasteiger partial charge in [0, 0.05) is 17.3 Å². The molecule has 0 aromatic carbocycles. The topological polar surface area (TPSA) is 62.7 Å². The molecule has 2 N–H and O–H groups in total. The predicted octanol–water partition coefficient (Wildman–Crippen LogP) is 2.41. The number of nitrogens with zero attached hydrogens (tertiary/aromatic N) is 2. The monoisotopic (exact) mass is 231 g/mol. The van der Waals surface area contributed by atoms with E-state index in [0.717, 1.165) is 6.20 Å². The molecule has 0 unspecified atom stereocenters. The molecule has 0 atom stereocenters. The van der Waals surface area contributed by atoms with E-state index in [1.807, 2.05) is 0 Å². The van der Waals surface area contributed by atoms with Crippen molar-refractivity contribution in [2.45, 2.75) is 18.7 Å². The van der Waals surface area contributed by atoms with Gasteiger partial charge >= 0.3 is 0 Å². The van der Waals surface area contributed by atoms with Gasteiger partial charge in [-0.1, -0.05) is 0 Å². The summed E-state index contributed by atoms with van der Waals surface area (Å²) in [6.45, 7) is 0. The van der Waals surface area contributed by atoms with Crippen molar-refractivity contribution >= 4 is 17.4 Å². The van der Waals surface area contributed by atoms with Gasteiger partial charge in [-0.25, -0.2) is 13.8 Å². The van der Waals surface area contributed by atoms with E-state index in [-0.39, 0.29) is 29.2 Å². The van der Waals surface area contributed by atoms with E-state index in [0.29, 0.717) is 5.56 Å². The zero-order valence-electron chi connectivity index (χ0n) is 7.67. The molecule has 1 heterocycles. The molecular weight excluding hydrogens is 224 g/mol. The van der Waals surface area contributed by atoms with Crippen molar-refractivity contribution in [3.05, 3.63) is 22.9 Å². The van der Waals surface area contributed by atoms with Gasteiger partial charge in [-0.3, -0.25) is 0 Å². The second-order valence-corrected chi connectivity index (χ2v) is 3.09. The number of nitrogen functional groups attached to an aromatic ring is 1. The van der Waals surface area contributed by atoms with Crippen LogP contribution in [0.2, 0.25) is 0 Å². The predicted molar refractivity (Wildman–Crippen MR) is 52.5 cm³/mol. The number of aromatic nitrogens is 1. The van der Waals surface area contributed by atoms with Gasteiger partial charge in [-0.05, 0) is 5.56 Å². The molecule has 15 heavy (non-hydrogen) atoms. The normalized spacial score (nSPS) is 10.3. The Bertz CT molecular complexity index is 401. The van der Waals surface area contributed by atoms with Crippen LogP contribution >= 0.6 is 11.6 Å². The Morgan fingerprint density at radius 3 is 2.67 bits per heavy atom. The third-order valence-corrected chi connectivity index (χ3v) is 2.26. The summed E-state index contributed by atoms with van der Waals surface area (Å²) in [5.41, 5.74) is 5.71. The summed E-state index contributed by atoms with van der Waals surface area (Å²) in [4.78, 5) is 3.62. The van der Waals surface area contributed by atoms with Gasteiger partial charge in [-0.2, -0.15) is 5.26 Å². The summed E-state index contributed by atoms with van der Waals surface area (Å²) < 4.78 is 25.1. The standard InChI is InChI=1S/C9H8ClF2N3/c10-3-6-5(1-2-13)7(8(11)12)4-15-9(6)14/h4,8H,1,3H2,(H2,14,15). The lowest BCUT2D eigenvalue weighted by atomic mass is 10.0. The van der Waals surface area contributed by atoms with Crippen LogP contribution in [-0.4, -0.2) is 4.98 Å². The van der Waals surface area contributed by atoms with Crippen molar-refractivity contribution in [1.29, 1.82) is 5.26 Å². The maximum absolute atomic E-state index is 12.6. The highest BCUT2D eigenvalue weighted by molar-refractivity contribution is 6.17. The molecule has 0 saturated heterocycles. The first kappa shape index (κ1) is 11.7. The maximum atomic E-state index is 12.6. The Labute approximate surface area is 90.5 Å². The fourth-order valence-electron chi connectivity index (χ4n) is 1.25. The molecule has 1 aromatic rings. The zero-order valence-corrected chi connectivity index (χ0v) is 8.43. The van der Waals surface area contributed by atoms with Crippen molar-refractivity contribution in [3.8, 4) is 6.07 Å². The van der Waals surface area contributed by atoms with Crippen molar-refractivity contribution in [2.75, 3.05) is 5.73 Å². The summed E-state index contributed by atoms with van der Waals surface area (Å²) in [5, 5.41) is 8.54. The molecule has 3 nitrogen and oxygen atoms in total. The fourth-order valence-corrected chi connectivity index (χ4v) is 1.55. The van der Waals surface area contributed by atoms with Gasteiger partial charge in [-0.15, -0.1) is 11.6 Å². The van der Waals surface area contributed by atoms with Gasteiger partial charge in [0.1, 0.15) is 5.82 Å². The Morgan fingerprint density at radius 2 is 2.20 bits per heavy atom. The van der Waals surface area contributed by atoms with Gasteiger partial charge in [0.2, 0.25) is 0 Å². The molecule has 1 rings (SSSR count). The van der Waals surface area contributed by atoms with Gasteiger partial charge in [0.15, 0.2) is 0 Å². The van der Waals surface area contributed by atoms with E-state index >= 15 is 0 Å². The zero-order chi connectivity index (χ0) is 11.4. The van der Waals surface area contributed by atoms with Crippen LogP contribution in [0.25, 0.3) is 0 Å². The molecule has 0 spiro atoms. The molecule has 6 heteroatoms. The lowest BCUT2D eigenvalue weighted by molar-refractivity contribution is 0.150. The maximum Gasteiger partial charge on any atom is 0.265 e. The average molecular weight is 232 g/mol. The van der Waals surface area contributed by atoms with E-state index < -0.39 is 6.43 Å². The number of nitriles is 1. The van der Waals surface area contributed by atoms with Gasteiger partial charge in [0.05, 0.1) is 18.4 Å². The molecule has 0 radical (unpaired) electrons. The molecule has 0 aliphatic carbocycles. The molecule has 80 valence electrons. The summed E-state index contributed by atoms with van der Waals surface area (Å²) in [6.07, 6.45) is -1.83. The minimum atomic E-state index is -2.68. The molecule has 0 saturated carbocycles. The van der Waals surface area contributed by atoms with Crippen LogP contribution in [0, 0.1) is 11.3 Å². The Hall–Kier alpha value is -1.41. The SMILES string of the molecule is N#CCc1c(C(F)F)cnc(N)c1CCl. The van der Waals surface area contributed by atoms with Crippen LogP contribution in [0.1, 0.15) is 23.1 Å². The van der Waals surface area contributed by atoms with Gasteiger partial charge < -0.3 is 5.73 Å². The van der Waals surface area contributed by atoms with Crippen LogP contribution < -0.4 is 5.73 Å². The van der Waals surface area contributed by atoms with E-state index in [9.17, 15) is 8.78 Å². The first-order valence-electron chi connectivity index (χ1n) is 4.09. The van der Waals surface area contributed by atoms with E-state index in [1.165, 1.54) is 0 Å². The lowest BCUT2D eigenvalue weighted by Crippen LogP contribution is -2.05. The number of hydrogen-bond acceptors (Lipinski definition) is 3. The molecule has 1 aromatic heterocycles. The smallest absolute Gasteiger partial charge is 0.265 e. The van der Waals surface area contributed by atoms with Crippen molar-refractivity contribution < 1.29 is 8.78 Å². The number of hydrogen-bond donors (Lipinski definition) is 1. The second-order valence-electron chi connectivity index (χ2n) is 2.83. The second kappa shape index (κ2) is 4.89. The lowest BCUT2D eigenvalue weighted by Gasteiger charge is -2.11. The highest BCUT2D eigenvalue weighted by atomic mass is 35.5. The van der Waals surface area contributed by atoms with Crippen molar-refractivity contribution in [1.82, 2.24) is 4.98 Å². The summed E-state index contributed by atoms with van der Waals surface area (Å²) in [7, 11) is 0. The minimum Gasteiger partial charge on any atom is -0.383 e.